The van der Waals surface area contributed by atoms with Crippen molar-refractivity contribution in [1.29, 1.82) is 0 Å². The minimum atomic E-state index is -1.52. The topological polar surface area (TPSA) is 110 Å². The summed E-state index contributed by atoms with van der Waals surface area (Å²) in [5, 5.41) is 12.0. The highest BCUT2D eigenvalue weighted by Gasteiger charge is 2.62. The number of ether oxygens (including phenoxy) is 5. The Morgan fingerprint density at radius 2 is 1.77 bits per heavy atom. The lowest BCUT2D eigenvalue weighted by atomic mass is 9.90. The zero-order valence-electron chi connectivity index (χ0n) is 17.4. The third-order valence-electron chi connectivity index (χ3n) is 5.78. The number of hydrogen-bond donors (Lipinski definition) is 1. The van der Waals surface area contributed by atoms with E-state index in [1.54, 1.807) is 11.5 Å². The maximum atomic E-state index is 11.7. The van der Waals surface area contributed by atoms with Gasteiger partial charge in [0.05, 0.1) is 12.9 Å². The number of aromatic nitrogens is 4. The summed E-state index contributed by atoms with van der Waals surface area (Å²) in [6, 6.07) is 0. The number of hydrogen-bond acceptors (Lipinski definition) is 9. The SMILES string of the molecule is CC1(C)OCC2O[C@@H](n3cnc4c(Cl)ncnc43)[C@@](C)(O)C3OC(C)(C)O[C@H]3[C@@H]2O1. The van der Waals surface area contributed by atoms with Crippen LogP contribution >= 0.6 is 11.6 Å². The van der Waals surface area contributed by atoms with Crippen LogP contribution in [0.15, 0.2) is 12.7 Å². The van der Waals surface area contributed by atoms with Crippen LogP contribution in [0.4, 0.5) is 0 Å². The molecule has 5 rings (SSSR count). The highest BCUT2D eigenvalue weighted by molar-refractivity contribution is 6.33. The fraction of sp³-hybridized carbons (Fsp3) is 0.737. The molecule has 2 unspecified atom stereocenters. The number of rotatable bonds is 1. The average Bonchev–Trinajstić information content (AvgIpc) is 3.20. The van der Waals surface area contributed by atoms with Gasteiger partial charge in [-0.25, -0.2) is 15.0 Å². The Balaban J connectivity index is 1.63. The van der Waals surface area contributed by atoms with Crippen molar-refractivity contribution in [3.63, 3.8) is 0 Å². The second-order valence-electron chi connectivity index (χ2n) is 9.06. The van der Waals surface area contributed by atoms with E-state index in [0.717, 1.165) is 0 Å². The van der Waals surface area contributed by atoms with Crippen LogP contribution < -0.4 is 0 Å². The Kier molecular flexibility index (Phi) is 4.48. The highest BCUT2D eigenvalue weighted by atomic mass is 35.5. The lowest BCUT2D eigenvalue weighted by Crippen LogP contribution is -2.56. The summed E-state index contributed by atoms with van der Waals surface area (Å²) < 4.78 is 32.4. The summed E-state index contributed by atoms with van der Waals surface area (Å²) in [4.78, 5) is 12.6. The van der Waals surface area contributed by atoms with Crippen molar-refractivity contribution in [2.45, 2.75) is 82.4 Å². The molecular formula is C19H25ClN4O6. The van der Waals surface area contributed by atoms with Crippen molar-refractivity contribution in [3.05, 3.63) is 17.8 Å². The van der Waals surface area contributed by atoms with Gasteiger partial charge in [0.25, 0.3) is 0 Å². The molecule has 10 nitrogen and oxygen atoms in total. The molecule has 1 N–H and O–H groups in total. The molecule has 2 aromatic heterocycles. The van der Waals surface area contributed by atoms with E-state index in [0.29, 0.717) is 11.2 Å². The summed E-state index contributed by atoms with van der Waals surface area (Å²) in [5.74, 6) is -1.72. The first-order valence-corrected chi connectivity index (χ1v) is 10.2. The molecule has 0 aliphatic carbocycles. The standard InChI is InChI=1S/C19H25ClN4O6/c1-17(2)26-6-9-11(28-17)12-13(30-18(3,4)29-12)19(5,25)16(27-9)24-8-23-10-14(20)21-7-22-15(10)24/h7-9,11-13,16,25H,6H2,1-5H3/t9?,11-,12+,13?,16-,19+/m1/s1. The molecule has 0 amide bonds. The molecule has 3 aliphatic heterocycles. The fourth-order valence-electron chi connectivity index (χ4n) is 4.48. The van der Waals surface area contributed by atoms with Gasteiger partial charge in [0.2, 0.25) is 0 Å². The van der Waals surface area contributed by atoms with E-state index in [1.165, 1.54) is 12.7 Å². The molecule has 0 bridgehead atoms. The number of aliphatic hydroxyl groups is 1. The second-order valence-corrected chi connectivity index (χ2v) is 9.41. The normalized spacial score (nSPS) is 40.0. The van der Waals surface area contributed by atoms with Crippen molar-refractivity contribution in [1.82, 2.24) is 19.5 Å². The maximum absolute atomic E-state index is 11.7. The lowest BCUT2D eigenvalue weighted by molar-refractivity contribution is -0.334. The fourth-order valence-corrected chi connectivity index (χ4v) is 4.65. The maximum Gasteiger partial charge on any atom is 0.168 e. The minimum Gasteiger partial charge on any atom is -0.383 e. The smallest absolute Gasteiger partial charge is 0.168 e. The Morgan fingerprint density at radius 1 is 1.03 bits per heavy atom. The van der Waals surface area contributed by atoms with Crippen LogP contribution in [0.5, 0.6) is 0 Å². The molecule has 0 radical (unpaired) electrons. The molecule has 0 spiro atoms. The molecule has 2 aromatic rings. The molecule has 0 saturated carbocycles. The predicted octanol–water partition coefficient (Wildman–Crippen LogP) is 1.80. The summed E-state index contributed by atoms with van der Waals surface area (Å²) in [6.45, 7) is 9.21. The molecule has 3 saturated heterocycles. The van der Waals surface area contributed by atoms with Gasteiger partial charge in [-0.05, 0) is 34.6 Å². The molecule has 3 fully saturated rings. The predicted molar refractivity (Wildman–Crippen MR) is 104 cm³/mol. The van der Waals surface area contributed by atoms with E-state index in [-0.39, 0.29) is 11.8 Å². The lowest BCUT2D eigenvalue weighted by Gasteiger charge is -2.42. The molecule has 164 valence electrons. The van der Waals surface area contributed by atoms with Crippen LogP contribution in [0.3, 0.4) is 0 Å². The van der Waals surface area contributed by atoms with Gasteiger partial charge >= 0.3 is 0 Å². The molecule has 0 aromatic carbocycles. The summed E-state index contributed by atoms with van der Waals surface area (Å²) in [6.07, 6.45) is -0.385. The van der Waals surface area contributed by atoms with E-state index in [9.17, 15) is 5.11 Å². The van der Waals surface area contributed by atoms with E-state index in [4.69, 9.17) is 35.3 Å². The molecule has 11 heteroatoms. The monoisotopic (exact) mass is 440 g/mol. The molecule has 5 heterocycles. The van der Waals surface area contributed by atoms with Gasteiger partial charge < -0.3 is 28.8 Å². The molecule has 3 aliphatic rings. The van der Waals surface area contributed by atoms with E-state index >= 15 is 0 Å². The first-order valence-electron chi connectivity index (χ1n) is 9.87. The van der Waals surface area contributed by atoms with E-state index < -0.39 is 47.8 Å². The van der Waals surface area contributed by atoms with Crippen LogP contribution in [0.1, 0.15) is 40.8 Å². The number of imidazole rings is 1. The van der Waals surface area contributed by atoms with Crippen molar-refractivity contribution < 1.29 is 28.8 Å². The van der Waals surface area contributed by atoms with Gasteiger partial charge in [0.15, 0.2) is 28.6 Å². The molecule has 6 atom stereocenters. The van der Waals surface area contributed by atoms with E-state index in [1.807, 2.05) is 27.7 Å². The summed E-state index contributed by atoms with van der Waals surface area (Å²) in [5.41, 5.74) is -0.669. The number of fused-ring (bicyclic) bond motifs is 4. The van der Waals surface area contributed by atoms with Crippen molar-refractivity contribution >= 4 is 22.8 Å². The van der Waals surface area contributed by atoms with Gasteiger partial charge in [-0.1, -0.05) is 11.6 Å². The van der Waals surface area contributed by atoms with Crippen molar-refractivity contribution in [2.75, 3.05) is 6.61 Å². The average molecular weight is 441 g/mol. The van der Waals surface area contributed by atoms with Crippen LogP contribution in [-0.2, 0) is 23.7 Å². The molecule has 30 heavy (non-hydrogen) atoms. The number of halogens is 1. The highest BCUT2D eigenvalue weighted by Crippen LogP contribution is 2.47. The third kappa shape index (κ3) is 3.13. The van der Waals surface area contributed by atoms with Gasteiger partial charge in [-0.2, -0.15) is 0 Å². The first-order chi connectivity index (χ1) is 14.0. The Morgan fingerprint density at radius 3 is 2.53 bits per heavy atom. The van der Waals surface area contributed by atoms with Crippen molar-refractivity contribution in [3.8, 4) is 0 Å². The summed E-state index contributed by atoms with van der Waals surface area (Å²) >= 11 is 6.17. The van der Waals surface area contributed by atoms with Gasteiger partial charge in [0, 0.05) is 0 Å². The van der Waals surface area contributed by atoms with Gasteiger partial charge in [-0.15, -0.1) is 0 Å². The minimum absolute atomic E-state index is 0.218. The number of nitrogens with zero attached hydrogens (tertiary/aromatic N) is 4. The quantitative estimate of drug-likeness (QED) is 0.663. The van der Waals surface area contributed by atoms with Crippen LogP contribution in [0.2, 0.25) is 5.15 Å². The van der Waals surface area contributed by atoms with Crippen LogP contribution in [0.25, 0.3) is 11.2 Å². The van der Waals surface area contributed by atoms with Crippen LogP contribution in [0, 0.1) is 0 Å². The third-order valence-corrected chi connectivity index (χ3v) is 6.06. The van der Waals surface area contributed by atoms with Crippen LogP contribution in [-0.4, -0.2) is 72.8 Å². The summed E-state index contributed by atoms with van der Waals surface area (Å²) in [7, 11) is 0. The zero-order valence-corrected chi connectivity index (χ0v) is 18.2. The first kappa shape index (κ1) is 20.5. The van der Waals surface area contributed by atoms with Crippen molar-refractivity contribution in [2.24, 2.45) is 0 Å². The van der Waals surface area contributed by atoms with Gasteiger partial charge in [0.1, 0.15) is 41.9 Å². The Hall–Kier alpha value is -1.40. The molecular weight excluding hydrogens is 416 g/mol. The Bertz CT molecular complexity index is 979. The second kappa shape index (κ2) is 6.55. The Labute approximate surface area is 178 Å². The van der Waals surface area contributed by atoms with E-state index in [2.05, 4.69) is 15.0 Å². The zero-order chi connectivity index (χ0) is 21.5. The largest absolute Gasteiger partial charge is 0.383 e. The van der Waals surface area contributed by atoms with Gasteiger partial charge in [-0.3, -0.25) is 4.57 Å².